The molecule has 2 aromatic carbocycles. The summed E-state index contributed by atoms with van der Waals surface area (Å²) in [6.45, 7) is 3.01. The van der Waals surface area contributed by atoms with Crippen LogP contribution in [0.25, 0.3) is 0 Å². The Labute approximate surface area is 247 Å². The Hall–Kier alpha value is -2.58. The van der Waals surface area contributed by atoms with E-state index in [1.165, 1.54) is 6.07 Å². The molecule has 234 valence electrons. The Morgan fingerprint density at radius 3 is 2.36 bits per heavy atom. The Morgan fingerprint density at radius 1 is 1.07 bits per heavy atom. The molecule has 0 aromatic heterocycles. The number of hydrogen-bond donors (Lipinski definition) is 7. The van der Waals surface area contributed by atoms with Crippen molar-refractivity contribution >= 4 is 27.1 Å². The van der Waals surface area contributed by atoms with E-state index in [1.54, 1.807) is 36.4 Å². The molecular formula is C30H44N2O9S. The number of nitrogens with one attached hydrogen (secondary N) is 1. The Bertz CT molecular complexity index is 1340. The molecule has 1 aliphatic heterocycles. The molecule has 12 heteroatoms. The minimum Gasteiger partial charge on any atom is -0.394 e. The van der Waals surface area contributed by atoms with Gasteiger partial charge in [-0.2, -0.15) is 0 Å². The molecule has 0 aliphatic carbocycles. The van der Waals surface area contributed by atoms with Crippen molar-refractivity contribution in [2.24, 2.45) is 5.41 Å². The summed E-state index contributed by atoms with van der Waals surface area (Å²) >= 11 is 0. The quantitative estimate of drug-likeness (QED) is 0.183. The molecule has 2 aromatic rings. The van der Waals surface area contributed by atoms with Crippen LogP contribution < -0.4 is 10.2 Å². The number of sulfone groups is 1. The Morgan fingerprint density at radius 2 is 1.76 bits per heavy atom. The molecule has 0 bridgehead atoms. The third kappa shape index (κ3) is 6.96. The van der Waals surface area contributed by atoms with Crippen LogP contribution in [0, 0.1) is 5.41 Å². The van der Waals surface area contributed by atoms with E-state index in [4.69, 9.17) is 5.11 Å². The monoisotopic (exact) mass is 608 g/mol. The highest BCUT2D eigenvalue weighted by Crippen LogP contribution is 2.49. The van der Waals surface area contributed by atoms with Crippen molar-refractivity contribution in [2.45, 2.75) is 80.9 Å². The molecule has 0 saturated carbocycles. The SMILES string of the molecule is CCCCC1(CC)CS(=O)(=O)c2ccc(N(C)C)cc2C(c2cccc(NC(=O)C(O)C(O)C(O)C(O)CO)c2)C1O. The van der Waals surface area contributed by atoms with Crippen LogP contribution in [0.4, 0.5) is 11.4 Å². The zero-order valence-corrected chi connectivity index (χ0v) is 25.3. The van der Waals surface area contributed by atoms with Crippen molar-refractivity contribution in [3.05, 3.63) is 53.6 Å². The summed E-state index contributed by atoms with van der Waals surface area (Å²) in [7, 11) is -0.112. The first kappa shape index (κ1) is 33.9. The molecule has 11 nitrogen and oxygen atoms in total. The third-order valence-electron chi connectivity index (χ3n) is 8.37. The Kier molecular flexibility index (Phi) is 11.2. The molecular weight excluding hydrogens is 564 g/mol. The molecule has 0 saturated heterocycles. The van der Waals surface area contributed by atoms with Crippen LogP contribution in [-0.4, -0.2) is 102 Å². The zero-order valence-electron chi connectivity index (χ0n) is 24.5. The molecule has 1 aliphatic rings. The maximum Gasteiger partial charge on any atom is 0.256 e. The van der Waals surface area contributed by atoms with Crippen LogP contribution in [-0.2, 0) is 14.6 Å². The number of unbranched alkanes of at least 4 members (excludes halogenated alkanes) is 1. The minimum absolute atomic E-state index is 0.147. The first-order chi connectivity index (χ1) is 19.7. The number of aliphatic hydroxyl groups is 6. The van der Waals surface area contributed by atoms with Crippen molar-refractivity contribution < 1.29 is 43.9 Å². The second-order valence-corrected chi connectivity index (χ2v) is 13.4. The standard InChI is InChI=1S/C30H44N2O9S/c1-5-7-13-30(6-2)17-42(40,41)23-12-11-20(32(3)4)15-21(23)24(28(30)38)18-9-8-10-19(14-18)31-29(39)27(37)26(36)25(35)22(34)16-33/h8-12,14-15,22,24-28,33-38H,5-7,13,16-17H2,1-4H3,(H,31,39). The predicted molar refractivity (Wildman–Crippen MR) is 159 cm³/mol. The van der Waals surface area contributed by atoms with Crippen LogP contribution in [0.2, 0.25) is 0 Å². The molecule has 0 fully saturated rings. The molecule has 42 heavy (non-hydrogen) atoms. The van der Waals surface area contributed by atoms with Gasteiger partial charge in [0.05, 0.1) is 23.4 Å². The van der Waals surface area contributed by atoms with Crippen LogP contribution in [0.3, 0.4) is 0 Å². The van der Waals surface area contributed by atoms with Crippen LogP contribution in [0.1, 0.15) is 56.6 Å². The summed E-state index contributed by atoms with van der Waals surface area (Å²) in [5.74, 6) is -2.05. The van der Waals surface area contributed by atoms with Gasteiger partial charge in [-0.05, 0) is 54.3 Å². The van der Waals surface area contributed by atoms with Gasteiger partial charge in [-0.15, -0.1) is 0 Å². The van der Waals surface area contributed by atoms with Gasteiger partial charge in [-0.1, -0.05) is 38.8 Å². The number of aliphatic hydroxyl groups excluding tert-OH is 6. The van der Waals surface area contributed by atoms with Crippen molar-refractivity contribution in [3.63, 3.8) is 0 Å². The summed E-state index contributed by atoms with van der Waals surface area (Å²) < 4.78 is 27.6. The van der Waals surface area contributed by atoms with Gasteiger partial charge in [-0.25, -0.2) is 8.42 Å². The first-order valence-electron chi connectivity index (χ1n) is 14.2. The topological polar surface area (TPSA) is 188 Å². The average Bonchev–Trinajstić information content (AvgIpc) is 3.04. The van der Waals surface area contributed by atoms with Gasteiger partial charge in [0.15, 0.2) is 15.9 Å². The maximum atomic E-state index is 13.8. The maximum absolute atomic E-state index is 13.8. The molecule has 7 unspecified atom stereocenters. The number of hydrogen-bond acceptors (Lipinski definition) is 10. The summed E-state index contributed by atoms with van der Waals surface area (Å²) in [6.07, 6.45) is -6.54. The zero-order chi connectivity index (χ0) is 31.4. The van der Waals surface area contributed by atoms with Gasteiger partial charge >= 0.3 is 0 Å². The summed E-state index contributed by atoms with van der Waals surface area (Å²) in [5.41, 5.74) is 1.00. The van der Waals surface area contributed by atoms with E-state index in [1.807, 2.05) is 32.8 Å². The largest absolute Gasteiger partial charge is 0.394 e. The molecule has 1 heterocycles. The van der Waals surface area contributed by atoms with E-state index in [-0.39, 0.29) is 16.3 Å². The fourth-order valence-corrected chi connectivity index (χ4v) is 7.96. The fraction of sp³-hybridized carbons (Fsp3) is 0.567. The second kappa shape index (κ2) is 13.8. The smallest absolute Gasteiger partial charge is 0.256 e. The van der Waals surface area contributed by atoms with Crippen LogP contribution >= 0.6 is 0 Å². The second-order valence-electron chi connectivity index (χ2n) is 11.4. The van der Waals surface area contributed by atoms with Gasteiger partial charge in [0, 0.05) is 36.8 Å². The molecule has 7 atom stereocenters. The number of benzene rings is 2. The average molecular weight is 609 g/mol. The van der Waals surface area contributed by atoms with Crippen molar-refractivity contribution in [1.29, 1.82) is 0 Å². The number of rotatable bonds is 12. The van der Waals surface area contributed by atoms with Gasteiger partial charge in [-0.3, -0.25) is 4.79 Å². The van der Waals surface area contributed by atoms with Gasteiger partial charge in [0.2, 0.25) is 0 Å². The van der Waals surface area contributed by atoms with Crippen LogP contribution in [0.15, 0.2) is 47.4 Å². The van der Waals surface area contributed by atoms with Gasteiger partial charge in [0.1, 0.15) is 18.3 Å². The lowest BCUT2D eigenvalue weighted by atomic mass is 9.69. The number of fused-ring (bicyclic) bond motifs is 1. The van der Waals surface area contributed by atoms with E-state index in [0.29, 0.717) is 24.0 Å². The van der Waals surface area contributed by atoms with Crippen molar-refractivity contribution in [2.75, 3.05) is 36.7 Å². The third-order valence-corrected chi connectivity index (χ3v) is 10.4. The molecule has 0 spiro atoms. The lowest BCUT2D eigenvalue weighted by molar-refractivity contribution is -0.144. The molecule has 0 radical (unpaired) electrons. The van der Waals surface area contributed by atoms with Gasteiger partial charge < -0.3 is 40.9 Å². The van der Waals surface area contributed by atoms with Crippen molar-refractivity contribution in [1.82, 2.24) is 0 Å². The fourth-order valence-electron chi connectivity index (χ4n) is 5.71. The normalized spacial score (nSPS) is 24.5. The van der Waals surface area contributed by atoms with E-state index >= 15 is 0 Å². The Balaban J connectivity index is 2.11. The number of carbonyl (C=O) groups excluding carboxylic acids is 1. The number of amides is 1. The lowest BCUT2D eigenvalue weighted by Gasteiger charge is -2.39. The molecule has 1 amide bonds. The highest BCUT2D eigenvalue weighted by atomic mass is 32.2. The number of nitrogens with zero attached hydrogens (tertiary/aromatic N) is 1. The predicted octanol–water partition coefficient (Wildman–Crippen LogP) is 0.994. The van der Waals surface area contributed by atoms with Gasteiger partial charge in [0.25, 0.3) is 5.91 Å². The first-order valence-corrected chi connectivity index (χ1v) is 15.8. The lowest BCUT2D eigenvalue weighted by Crippen LogP contribution is -2.50. The minimum atomic E-state index is -3.78. The highest BCUT2D eigenvalue weighted by Gasteiger charge is 2.49. The molecule has 3 rings (SSSR count). The van der Waals surface area contributed by atoms with E-state index in [0.717, 1.165) is 18.5 Å². The van der Waals surface area contributed by atoms with E-state index in [9.17, 15) is 38.7 Å². The summed E-state index contributed by atoms with van der Waals surface area (Å²) in [6, 6.07) is 11.6. The molecule has 7 N–H and O–H groups in total. The summed E-state index contributed by atoms with van der Waals surface area (Å²) in [4.78, 5) is 14.7. The van der Waals surface area contributed by atoms with E-state index in [2.05, 4.69) is 5.32 Å². The number of carbonyl (C=O) groups is 1. The van der Waals surface area contributed by atoms with Crippen molar-refractivity contribution in [3.8, 4) is 0 Å². The highest BCUT2D eigenvalue weighted by molar-refractivity contribution is 7.91. The summed E-state index contributed by atoms with van der Waals surface area (Å²) in [5, 5.41) is 63.4. The van der Waals surface area contributed by atoms with E-state index < -0.39 is 64.2 Å². The van der Waals surface area contributed by atoms with Crippen LogP contribution in [0.5, 0.6) is 0 Å². The number of anilines is 2.